The highest BCUT2D eigenvalue weighted by Crippen LogP contribution is 2.44. The van der Waals surface area contributed by atoms with Gasteiger partial charge < -0.3 is 38.6 Å². The fraction of sp³-hybridized carbons (Fsp3) is 0.571. The smallest absolute Gasteiger partial charge is 0.169 e. The molecule has 0 saturated carbocycles. The summed E-state index contributed by atoms with van der Waals surface area (Å²) in [6.07, 6.45) is -0.189. The third-order valence-corrected chi connectivity index (χ3v) is 7.34. The van der Waals surface area contributed by atoms with Crippen LogP contribution in [0.5, 0.6) is 5.75 Å². The van der Waals surface area contributed by atoms with Gasteiger partial charge in [-0.2, -0.15) is 0 Å². The van der Waals surface area contributed by atoms with E-state index in [2.05, 4.69) is 0 Å². The van der Waals surface area contributed by atoms with E-state index in [9.17, 15) is 10.2 Å². The molecule has 36 heavy (non-hydrogen) atoms. The molecule has 7 atom stereocenters. The number of fused-ring (bicyclic) bond motifs is 1. The highest BCUT2D eigenvalue weighted by Gasteiger charge is 2.55. The molecule has 196 valence electrons. The highest BCUT2D eigenvalue weighted by molar-refractivity contribution is 5.26. The molecule has 0 aliphatic carbocycles. The van der Waals surface area contributed by atoms with Crippen molar-refractivity contribution in [2.24, 2.45) is 0 Å². The molecule has 0 bridgehead atoms. The van der Waals surface area contributed by atoms with Crippen LogP contribution in [0.15, 0.2) is 54.6 Å². The minimum Gasteiger partial charge on any atom is -0.497 e. The standard InChI is InChI=1S/C28H36O8/c1-31-21-9-7-20(8-10-21)16-32-18-22-11-13-28(35-22)14-12-23-26(36-28)27(25(30)24(15-29)34-23)33-17-19-5-3-2-4-6-19/h2-10,22-27,29-30H,11-18H2,1H3/t22-,23-,24-,25-,26-,27-,28-/m1/s1. The lowest BCUT2D eigenvalue weighted by molar-refractivity contribution is -0.348. The summed E-state index contributed by atoms with van der Waals surface area (Å²) in [7, 11) is 1.65. The maximum absolute atomic E-state index is 10.9. The molecule has 5 rings (SSSR count). The Hall–Kier alpha value is -2.04. The van der Waals surface area contributed by atoms with Crippen LogP contribution >= 0.6 is 0 Å². The second-order valence-corrected chi connectivity index (χ2v) is 9.82. The Balaban J connectivity index is 1.18. The van der Waals surface area contributed by atoms with Crippen molar-refractivity contribution in [1.82, 2.24) is 0 Å². The van der Waals surface area contributed by atoms with Crippen LogP contribution in [0.1, 0.15) is 36.8 Å². The van der Waals surface area contributed by atoms with E-state index in [-0.39, 0.29) is 18.8 Å². The van der Waals surface area contributed by atoms with E-state index < -0.39 is 30.2 Å². The summed E-state index contributed by atoms with van der Waals surface area (Å²) < 4.78 is 36.3. The summed E-state index contributed by atoms with van der Waals surface area (Å²) in [6.45, 7) is 1.04. The van der Waals surface area contributed by atoms with Gasteiger partial charge in [-0.05, 0) is 36.1 Å². The number of aliphatic hydroxyl groups excluding tert-OH is 2. The molecule has 2 aromatic rings. The van der Waals surface area contributed by atoms with Crippen molar-refractivity contribution in [3.05, 3.63) is 65.7 Å². The third kappa shape index (κ3) is 5.75. The van der Waals surface area contributed by atoms with Crippen LogP contribution in [0.2, 0.25) is 0 Å². The number of aliphatic hydroxyl groups is 2. The Bertz CT molecular complexity index is 954. The van der Waals surface area contributed by atoms with Gasteiger partial charge in [0.05, 0.1) is 45.7 Å². The lowest BCUT2D eigenvalue weighted by Crippen LogP contribution is -2.64. The Kier molecular flexibility index (Phi) is 8.22. The van der Waals surface area contributed by atoms with E-state index in [4.69, 9.17) is 28.4 Å². The van der Waals surface area contributed by atoms with E-state index in [1.807, 2.05) is 54.6 Å². The monoisotopic (exact) mass is 500 g/mol. The Morgan fingerprint density at radius 1 is 0.944 bits per heavy atom. The zero-order chi connectivity index (χ0) is 25.0. The summed E-state index contributed by atoms with van der Waals surface area (Å²) in [5, 5.41) is 20.7. The van der Waals surface area contributed by atoms with Gasteiger partial charge >= 0.3 is 0 Å². The summed E-state index contributed by atoms with van der Waals surface area (Å²) in [4.78, 5) is 0. The average Bonchev–Trinajstić information content (AvgIpc) is 3.31. The molecule has 3 aliphatic rings. The van der Waals surface area contributed by atoms with Crippen LogP contribution in [-0.4, -0.2) is 72.9 Å². The fourth-order valence-electron chi connectivity index (χ4n) is 5.38. The van der Waals surface area contributed by atoms with Crippen molar-refractivity contribution in [2.75, 3.05) is 20.3 Å². The number of ether oxygens (including phenoxy) is 6. The van der Waals surface area contributed by atoms with E-state index in [1.165, 1.54) is 0 Å². The molecular formula is C28H36O8. The molecule has 3 aliphatic heterocycles. The van der Waals surface area contributed by atoms with Gasteiger partial charge in [-0.3, -0.25) is 0 Å². The minimum atomic E-state index is -1.000. The molecule has 2 aromatic carbocycles. The molecule has 0 radical (unpaired) electrons. The normalized spacial score (nSPS) is 34.0. The summed E-state index contributed by atoms with van der Waals surface area (Å²) >= 11 is 0. The maximum atomic E-state index is 10.9. The van der Waals surface area contributed by atoms with Gasteiger partial charge in [0.25, 0.3) is 0 Å². The van der Waals surface area contributed by atoms with Crippen molar-refractivity contribution >= 4 is 0 Å². The predicted molar refractivity (Wildman–Crippen MR) is 130 cm³/mol. The SMILES string of the molecule is COc1ccc(COC[C@H]2CC[C@@]3(CC[C@H]4O[C@H](CO)[C@@H](O)[C@@H](OCc5ccccc5)[C@@H]4O3)O2)cc1. The van der Waals surface area contributed by atoms with Gasteiger partial charge in [-0.25, -0.2) is 0 Å². The molecule has 0 unspecified atom stereocenters. The number of hydrogen-bond acceptors (Lipinski definition) is 8. The number of hydrogen-bond donors (Lipinski definition) is 2. The molecule has 0 amide bonds. The predicted octanol–water partition coefficient (Wildman–Crippen LogP) is 2.97. The first-order valence-corrected chi connectivity index (χ1v) is 12.8. The summed E-state index contributed by atoms with van der Waals surface area (Å²) in [6, 6.07) is 17.6. The fourth-order valence-corrected chi connectivity index (χ4v) is 5.38. The van der Waals surface area contributed by atoms with Gasteiger partial charge in [0.1, 0.15) is 30.2 Å². The second kappa shape index (κ2) is 11.6. The van der Waals surface area contributed by atoms with Gasteiger partial charge in [0.2, 0.25) is 0 Å². The third-order valence-electron chi connectivity index (χ3n) is 7.34. The molecule has 0 aromatic heterocycles. The first kappa shape index (κ1) is 25.6. The van der Waals surface area contributed by atoms with E-state index in [0.29, 0.717) is 32.7 Å². The average molecular weight is 501 g/mol. The van der Waals surface area contributed by atoms with Crippen molar-refractivity contribution in [3.8, 4) is 5.75 Å². The lowest BCUT2D eigenvalue weighted by atomic mass is 9.87. The molecule has 3 fully saturated rings. The van der Waals surface area contributed by atoms with Crippen LogP contribution in [-0.2, 0) is 36.9 Å². The minimum absolute atomic E-state index is 0.0666. The van der Waals surface area contributed by atoms with Gasteiger partial charge in [-0.1, -0.05) is 42.5 Å². The van der Waals surface area contributed by atoms with E-state index in [0.717, 1.165) is 29.7 Å². The zero-order valence-electron chi connectivity index (χ0n) is 20.7. The van der Waals surface area contributed by atoms with E-state index in [1.54, 1.807) is 7.11 Å². The number of benzene rings is 2. The molecule has 8 nitrogen and oxygen atoms in total. The molecule has 3 heterocycles. The van der Waals surface area contributed by atoms with Gasteiger partial charge in [0.15, 0.2) is 5.79 Å². The lowest BCUT2D eigenvalue weighted by Gasteiger charge is -2.50. The van der Waals surface area contributed by atoms with Crippen LogP contribution in [0.3, 0.4) is 0 Å². The summed E-state index contributed by atoms with van der Waals surface area (Å²) in [5.74, 6) is 0.0828. The van der Waals surface area contributed by atoms with Gasteiger partial charge in [0, 0.05) is 12.8 Å². The van der Waals surface area contributed by atoms with Crippen molar-refractivity contribution in [1.29, 1.82) is 0 Å². The number of methoxy groups -OCH3 is 1. The molecule has 1 spiro atoms. The zero-order valence-corrected chi connectivity index (χ0v) is 20.7. The van der Waals surface area contributed by atoms with Crippen LogP contribution < -0.4 is 4.74 Å². The second-order valence-electron chi connectivity index (χ2n) is 9.82. The van der Waals surface area contributed by atoms with Crippen LogP contribution in [0, 0.1) is 0 Å². The van der Waals surface area contributed by atoms with Gasteiger partial charge in [-0.15, -0.1) is 0 Å². The first-order valence-electron chi connectivity index (χ1n) is 12.8. The Morgan fingerprint density at radius 3 is 2.44 bits per heavy atom. The van der Waals surface area contributed by atoms with Crippen molar-refractivity contribution in [3.63, 3.8) is 0 Å². The quantitative estimate of drug-likeness (QED) is 0.543. The largest absolute Gasteiger partial charge is 0.497 e. The first-order chi connectivity index (χ1) is 17.6. The molecule has 8 heteroatoms. The molecular weight excluding hydrogens is 464 g/mol. The van der Waals surface area contributed by atoms with Crippen molar-refractivity contribution in [2.45, 2.75) is 81.3 Å². The van der Waals surface area contributed by atoms with Crippen LogP contribution in [0.25, 0.3) is 0 Å². The van der Waals surface area contributed by atoms with Crippen LogP contribution in [0.4, 0.5) is 0 Å². The Labute approximate surface area is 212 Å². The molecule has 2 N–H and O–H groups in total. The summed E-state index contributed by atoms with van der Waals surface area (Å²) in [5.41, 5.74) is 2.08. The maximum Gasteiger partial charge on any atom is 0.169 e. The number of rotatable bonds is 9. The van der Waals surface area contributed by atoms with Crippen molar-refractivity contribution < 1.29 is 38.6 Å². The Morgan fingerprint density at radius 2 is 1.69 bits per heavy atom. The molecule has 3 saturated heterocycles. The highest BCUT2D eigenvalue weighted by atomic mass is 16.7. The topological polar surface area (TPSA) is 95.8 Å². The van der Waals surface area contributed by atoms with E-state index >= 15 is 0 Å².